The maximum atomic E-state index is 6.02. The van der Waals surface area contributed by atoms with Gasteiger partial charge in [0.25, 0.3) is 0 Å². The zero-order valence-electron chi connectivity index (χ0n) is 18.9. The average molecular weight is 619 g/mol. The normalized spacial score (nSPS) is 10.4. The molecule has 0 bridgehead atoms. The van der Waals surface area contributed by atoms with E-state index in [1.54, 1.807) is 12.4 Å². The fourth-order valence-corrected chi connectivity index (χ4v) is 3.78. The van der Waals surface area contributed by atoms with Gasteiger partial charge in [-0.3, -0.25) is 0 Å². The predicted molar refractivity (Wildman–Crippen MR) is 134 cm³/mol. The molecular formula is C30H22IrN2O-2. The average Bonchev–Trinajstić information content (AvgIpc) is 3.24. The Morgan fingerprint density at radius 1 is 0.735 bits per heavy atom. The molecule has 6 rings (SSSR count). The first-order valence-electron chi connectivity index (χ1n) is 10.8. The van der Waals surface area contributed by atoms with Crippen LogP contribution in [0.5, 0.6) is 0 Å². The van der Waals surface area contributed by atoms with Crippen LogP contribution in [0.25, 0.3) is 44.5 Å². The summed E-state index contributed by atoms with van der Waals surface area (Å²) >= 11 is 0. The van der Waals surface area contributed by atoms with E-state index in [2.05, 4.69) is 47.2 Å². The molecule has 0 saturated carbocycles. The molecule has 0 unspecified atom stereocenters. The van der Waals surface area contributed by atoms with Crippen LogP contribution in [0.3, 0.4) is 0 Å². The second kappa shape index (κ2) is 10.6. The molecule has 3 aromatic heterocycles. The minimum Gasteiger partial charge on any atom is -0.501 e. The number of aryl methyl sites for hydroxylation is 2. The van der Waals surface area contributed by atoms with Crippen molar-refractivity contribution in [2.45, 2.75) is 13.8 Å². The van der Waals surface area contributed by atoms with Crippen molar-refractivity contribution in [3.63, 3.8) is 0 Å². The van der Waals surface area contributed by atoms with E-state index in [9.17, 15) is 0 Å². The van der Waals surface area contributed by atoms with E-state index in [1.807, 2.05) is 73.7 Å². The number of aromatic nitrogens is 2. The molecule has 0 spiro atoms. The third-order valence-corrected chi connectivity index (χ3v) is 5.37. The molecule has 4 heteroatoms. The molecule has 34 heavy (non-hydrogen) atoms. The van der Waals surface area contributed by atoms with Gasteiger partial charge in [0.15, 0.2) is 0 Å². The van der Waals surface area contributed by atoms with Crippen LogP contribution in [0.15, 0.2) is 102 Å². The molecule has 0 atom stereocenters. The Kier molecular flexibility index (Phi) is 7.32. The van der Waals surface area contributed by atoms with Crippen molar-refractivity contribution in [1.29, 1.82) is 0 Å². The summed E-state index contributed by atoms with van der Waals surface area (Å²) in [6.07, 6.45) is 3.59. The van der Waals surface area contributed by atoms with Crippen molar-refractivity contribution < 1.29 is 24.5 Å². The largest absolute Gasteiger partial charge is 0.501 e. The monoisotopic (exact) mass is 619 g/mol. The number of nitrogens with zero attached hydrogens (tertiary/aromatic N) is 2. The number of pyridine rings is 2. The zero-order chi connectivity index (χ0) is 22.6. The van der Waals surface area contributed by atoms with Crippen molar-refractivity contribution in [1.82, 2.24) is 9.97 Å². The van der Waals surface area contributed by atoms with Gasteiger partial charge in [0.1, 0.15) is 5.58 Å². The summed E-state index contributed by atoms with van der Waals surface area (Å²) in [7, 11) is 0. The van der Waals surface area contributed by atoms with Gasteiger partial charge in [-0.05, 0) is 29.6 Å². The molecule has 169 valence electrons. The molecule has 0 fully saturated rings. The molecule has 0 aliphatic carbocycles. The second-order valence-corrected chi connectivity index (χ2v) is 7.88. The fraction of sp³-hybridized carbons (Fsp3) is 0.0667. The molecule has 3 nitrogen and oxygen atoms in total. The standard InChI is InChI=1S/C18H12NO.C12H10N.Ir/c1-12-10-14-13-6-2-3-8-17(13)20-18(14)15(11-12)16-7-4-5-9-19-16;1-10-5-7-11(8-6-10)12-4-2-3-9-13-12;/h2-10H,1H3;2-7,9H,1H3;/q2*-1;. The van der Waals surface area contributed by atoms with E-state index < -0.39 is 0 Å². The SMILES string of the molecule is Cc1[c-]c(-c2ccccn2)c2oc3ccccc3c2c1.Cc1c[c-]c(-c2ccccn2)cc1.[Ir]. The predicted octanol–water partition coefficient (Wildman–Crippen LogP) is 7.61. The molecule has 3 aromatic carbocycles. The Morgan fingerprint density at radius 3 is 2.12 bits per heavy atom. The van der Waals surface area contributed by atoms with Crippen molar-refractivity contribution >= 4 is 21.9 Å². The van der Waals surface area contributed by atoms with Gasteiger partial charge < -0.3 is 14.4 Å². The van der Waals surface area contributed by atoms with Crippen LogP contribution < -0.4 is 0 Å². The number of rotatable bonds is 2. The topological polar surface area (TPSA) is 38.9 Å². The number of para-hydroxylation sites is 1. The first-order valence-corrected chi connectivity index (χ1v) is 10.8. The summed E-state index contributed by atoms with van der Waals surface area (Å²) in [6, 6.07) is 34.6. The number of hydrogen-bond acceptors (Lipinski definition) is 3. The van der Waals surface area contributed by atoms with Crippen LogP contribution in [0.2, 0.25) is 0 Å². The van der Waals surface area contributed by atoms with E-state index in [4.69, 9.17) is 4.42 Å². The number of furan rings is 1. The maximum absolute atomic E-state index is 6.02. The molecule has 1 radical (unpaired) electrons. The smallest absolute Gasteiger partial charge is 0.120 e. The van der Waals surface area contributed by atoms with Gasteiger partial charge in [-0.25, -0.2) is 0 Å². The minimum absolute atomic E-state index is 0. The van der Waals surface area contributed by atoms with Crippen molar-refractivity contribution in [2.24, 2.45) is 0 Å². The first kappa shape index (κ1) is 23.6. The van der Waals surface area contributed by atoms with Crippen LogP contribution in [0, 0.1) is 26.0 Å². The van der Waals surface area contributed by atoms with Crippen LogP contribution in [-0.4, -0.2) is 9.97 Å². The van der Waals surface area contributed by atoms with E-state index in [1.165, 1.54) is 5.56 Å². The summed E-state index contributed by atoms with van der Waals surface area (Å²) in [4.78, 5) is 8.67. The van der Waals surface area contributed by atoms with E-state index >= 15 is 0 Å². The van der Waals surface area contributed by atoms with E-state index in [-0.39, 0.29) is 20.1 Å². The molecule has 0 amide bonds. The Bertz CT molecular complexity index is 1510. The Hall–Kier alpha value is -3.59. The molecule has 0 saturated heterocycles. The van der Waals surface area contributed by atoms with Gasteiger partial charge in [-0.1, -0.05) is 67.3 Å². The summed E-state index contributed by atoms with van der Waals surface area (Å²) in [5.74, 6) is 0. The van der Waals surface area contributed by atoms with Gasteiger partial charge in [-0.2, -0.15) is 0 Å². The summed E-state index contributed by atoms with van der Waals surface area (Å²) in [5.41, 5.74) is 7.91. The van der Waals surface area contributed by atoms with Crippen molar-refractivity contribution in [2.75, 3.05) is 0 Å². The Morgan fingerprint density at radius 2 is 1.44 bits per heavy atom. The van der Waals surface area contributed by atoms with Gasteiger partial charge in [-0.15, -0.1) is 53.1 Å². The molecular weight excluding hydrogens is 597 g/mol. The number of benzene rings is 3. The summed E-state index contributed by atoms with van der Waals surface area (Å²) in [6.45, 7) is 4.10. The molecule has 0 aliphatic heterocycles. The van der Waals surface area contributed by atoms with Gasteiger partial charge in [0.05, 0.1) is 5.58 Å². The Labute approximate surface area is 212 Å². The summed E-state index contributed by atoms with van der Waals surface area (Å²) in [5, 5.41) is 2.26. The maximum Gasteiger partial charge on any atom is 0.120 e. The number of fused-ring (bicyclic) bond motifs is 3. The molecule has 0 N–H and O–H groups in total. The van der Waals surface area contributed by atoms with Crippen LogP contribution in [0.4, 0.5) is 0 Å². The van der Waals surface area contributed by atoms with Crippen molar-refractivity contribution in [3.8, 4) is 22.5 Å². The number of hydrogen-bond donors (Lipinski definition) is 0. The zero-order valence-corrected chi connectivity index (χ0v) is 21.3. The Balaban J connectivity index is 0.000000171. The van der Waals surface area contributed by atoms with Crippen LogP contribution >= 0.6 is 0 Å². The van der Waals surface area contributed by atoms with E-state index in [0.717, 1.165) is 50.0 Å². The molecule has 0 aliphatic rings. The fourth-order valence-electron chi connectivity index (χ4n) is 3.78. The molecule has 3 heterocycles. The van der Waals surface area contributed by atoms with Gasteiger partial charge in [0.2, 0.25) is 0 Å². The van der Waals surface area contributed by atoms with Gasteiger partial charge >= 0.3 is 0 Å². The second-order valence-electron chi connectivity index (χ2n) is 7.88. The minimum atomic E-state index is 0. The summed E-state index contributed by atoms with van der Waals surface area (Å²) < 4.78 is 6.02. The third-order valence-electron chi connectivity index (χ3n) is 5.37. The van der Waals surface area contributed by atoms with E-state index in [0.29, 0.717) is 0 Å². The van der Waals surface area contributed by atoms with Crippen LogP contribution in [0.1, 0.15) is 11.1 Å². The third kappa shape index (κ3) is 4.99. The van der Waals surface area contributed by atoms with Crippen molar-refractivity contribution in [3.05, 3.63) is 121 Å². The van der Waals surface area contributed by atoms with Gasteiger partial charge in [0, 0.05) is 37.9 Å². The quantitative estimate of drug-likeness (QED) is 0.188. The molecule has 6 aromatic rings. The van der Waals surface area contributed by atoms with Crippen LogP contribution in [-0.2, 0) is 20.1 Å². The first-order chi connectivity index (χ1) is 16.2.